The summed E-state index contributed by atoms with van der Waals surface area (Å²) >= 11 is 2.18. The number of pyridine rings is 1. The highest BCUT2D eigenvalue weighted by atomic mass is 127. The molecule has 1 N–H and O–H groups in total. The van der Waals surface area contributed by atoms with Gasteiger partial charge in [-0.3, -0.25) is 4.98 Å². The summed E-state index contributed by atoms with van der Waals surface area (Å²) in [5.74, 6) is -0.371. The van der Waals surface area contributed by atoms with Crippen molar-refractivity contribution in [3.8, 4) is 0 Å². The van der Waals surface area contributed by atoms with Gasteiger partial charge in [-0.1, -0.05) is 0 Å². The smallest absolute Gasteiger partial charge is 0.339 e. The van der Waals surface area contributed by atoms with Crippen LogP contribution >= 0.6 is 22.6 Å². The van der Waals surface area contributed by atoms with Gasteiger partial charge in [0.05, 0.1) is 21.8 Å². The van der Waals surface area contributed by atoms with Crippen molar-refractivity contribution < 1.29 is 9.53 Å². The second-order valence-corrected chi connectivity index (χ2v) is 3.91. The third-order valence-electron chi connectivity index (χ3n) is 1.89. The molecule has 5 heteroatoms. The summed E-state index contributed by atoms with van der Waals surface area (Å²) in [5, 5.41) is 0. The SMILES string of the molecule is COC(=O)c1cnc2c(I)c[nH]c2c1. The van der Waals surface area contributed by atoms with Crippen molar-refractivity contribution in [2.75, 3.05) is 7.11 Å². The summed E-state index contributed by atoms with van der Waals surface area (Å²) in [5.41, 5.74) is 2.17. The van der Waals surface area contributed by atoms with E-state index in [-0.39, 0.29) is 5.97 Å². The maximum Gasteiger partial charge on any atom is 0.339 e. The summed E-state index contributed by atoms with van der Waals surface area (Å²) in [6.45, 7) is 0. The van der Waals surface area contributed by atoms with Crippen LogP contribution in [0.5, 0.6) is 0 Å². The molecule has 2 aromatic rings. The molecule has 0 aromatic carbocycles. The van der Waals surface area contributed by atoms with Crippen molar-refractivity contribution in [3.05, 3.63) is 27.6 Å². The number of nitrogens with zero attached hydrogens (tertiary/aromatic N) is 1. The second-order valence-electron chi connectivity index (χ2n) is 2.75. The lowest BCUT2D eigenvalue weighted by Gasteiger charge is -1.97. The standard InChI is InChI=1S/C9H7IN2O2/c1-14-9(13)5-2-7-8(12-3-5)6(10)4-11-7/h2-4,11H,1H3. The van der Waals surface area contributed by atoms with Crippen LogP contribution in [-0.2, 0) is 4.74 Å². The molecule has 0 fully saturated rings. The molecule has 14 heavy (non-hydrogen) atoms. The van der Waals surface area contributed by atoms with E-state index in [9.17, 15) is 4.79 Å². The molecule has 0 saturated carbocycles. The fourth-order valence-corrected chi connectivity index (χ4v) is 1.79. The quantitative estimate of drug-likeness (QED) is 0.647. The van der Waals surface area contributed by atoms with Gasteiger partial charge in [-0.2, -0.15) is 0 Å². The van der Waals surface area contributed by atoms with E-state index in [1.807, 2.05) is 6.20 Å². The Morgan fingerprint density at radius 3 is 3.14 bits per heavy atom. The third kappa shape index (κ3) is 1.47. The number of aromatic nitrogens is 2. The van der Waals surface area contributed by atoms with Crippen molar-refractivity contribution in [2.45, 2.75) is 0 Å². The Kier molecular flexibility index (Phi) is 2.40. The molecule has 0 amide bonds. The zero-order chi connectivity index (χ0) is 10.1. The monoisotopic (exact) mass is 302 g/mol. The molecule has 0 atom stereocenters. The van der Waals surface area contributed by atoms with Crippen LogP contribution in [0, 0.1) is 3.57 Å². The Balaban J connectivity index is 2.57. The average Bonchev–Trinajstić information content (AvgIpc) is 2.59. The molecule has 0 spiro atoms. The first-order chi connectivity index (χ1) is 6.72. The minimum atomic E-state index is -0.371. The van der Waals surface area contributed by atoms with Gasteiger partial charge in [0.2, 0.25) is 0 Å². The van der Waals surface area contributed by atoms with Crippen LogP contribution in [0.1, 0.15) is 10.4 Å². The number of H-pyrrole nitrogens is 1. The number of aromatic amines is 1. The third-order valence-corrected chi connectivity index (χ3v) is 2.71. The van der Waals surface area contributed by atoms with Crippen LogP contribution < -0.4 is 0 Å². The number of hydrogen-bond acceptors (Lipinski definition) is 3. The first kappa shape index (κ1) is 9.45. The summed E-state index contributed by atoms with van der Waals surface area (Å²) in [7, 11) is 1.35. The van der Waals surface area contributed by atoms with Gasteiger partial charge in [0.25, 0.3) is 0 Å². The van der Waals surface area contributed by atoms with E-state index in [0.717, 1.165) is 14.6 Å². The van der Waals surface area contributed by atoms with Gasteiger partial charge >= 0.3 is 5.97 Å². The fourth-order valence-electron chi connectivity index (χ4n) is 1.20. The molecule has 0 saturated heterocycles. The number of carbonyl (C=O) groups excluding carboxylic acids is 1. The Hall–Kier alpha value is -1.11. The van der Waals surface area contributed by atoms with E-state index in [0.29, 0.717) is 5.56 Å². The molecule has 2 heterocycles. The molecule has 2 rings (SSSR count). The van der Waals surface area contributed by atoms with E-state index >= 15 is 0 Å². The topological polar surface area (TPSA) is 55.0 Å². The van der Waals surface area contributed by atoms with Crippen molar-refractivity contribution in [1.29, 1.82) is 0 Å². The first-order valence-electron chi connectivity index (χ1n) is 3.93. The van der Waals surface area contributed by atoms with Gasteiger partial charge in [-0.15, -0.1) is 0 Å². The van der Waals surface area contributed by atoms with Crippen molar-refractivity contribution in [1.82, 2.24) is 9.97 Å². The van der Waals surface area contributed by atoms with Crippen LogP contribution in [0.25, 0.3) is 11.0 Å². The van der Waals surface area contributed by atoms with Gasteiger partial charge in [-0.25, -0.2) is 4.79 Å². The van der Waals surface area contributed by atoms with Gasteiger partial charge in [0.15, 0.2) is 0 Å². The number of methoxy groups -OCH3 is 1. The molecular formula is C9H7IN2O2. The molecule has 0 bridgehead atoms. The molecule has 4 nitrogen and oxygen atoms in total. The average molecular weight is 302 g/mol. The Morgan fingerprint density at radius 2 is 2.43 bits per heavy atom. The number of halogens is 1. The van der Waals surface area contributed by atoms with E-state index < -0.39 is 0 Å². The molecular weight excluding hydrogens is 295 g/mol. The van der Waals surface area contributed by atoms with Crippen molar-refractivity contribution in [3.63, 3.8) is 0 Å². The highest BCUT2D eigenvalue weighted by Gasteiger charge is 2.08. The first-order valence-corrected chi connectivity index (χ1v) is 5.01. The van der Waals surface area contributed by atoms with Crippen molar-refractivity contribution in [2.24, 2.45) is 0 Å². The predicted octanol–water partition coefficient (Wildman–Crippen LogP) is 1.95. The lowest BCUT2D eigenvalue weighted by Crippen LogP contribution is -2.01. The maximum absolute atomic E-state index is 11.2. The van der Waals surface area contributed by atoms with E-state index in [1.54, 1.807) is 6.07 Å². The highest BCUT2D eigenvalue weighted by molar-refractivity contribution is 14.1. The van der Waals surface area contributed by atoms with Gasteiger partial charge in [-0.05, 0) is 28.7 Å². The lowest BCUT2D eigenvalue weighted by molar-refractivity contribution is 0.0600. The normalized spacial score (nSPS) is 10.4. The largest absolute Gasteiger partial charge is 0.465 e. The number of nitrogens with one attached hydrogen (secondary N) is 1. The summed E-state index contributed by atoms with van der Waals surface area (Å²) in [6.07, 6.45) is 3.36. The Labute approximate surface area is 93.8 Å². The summed E-state index contributed by atoms with van der Waals surface area (Å²) < 4.78 is 5.63. The number of rotatable bonds is 1. The van der Waals surface area contributed by atoms with E-state index in [4.69, 9.17) is 0 Å². The zero-order valence-electron chi connectivity index (χ0n) is 7.37. The molecule has 0 aliphatic rings. The Morgan fingerprint density at radius 1 is 1.64 bits per heavy atom. The van der Waals surface area contributed by atoms with Crippen LogP contribution in [0.3, 0.4) is 0 Å². The minimum Gasteiger partial charge on any atom is -0.465 e. The number of hydrogen-bond donors (Lipinski definition) is 1. The van der Waals surface area contributed by atoms with Crippen LogP contribution in [0.15, 0.2) is 18.5 Å². The van der Waals surface area contributed by atoms with E-state index in [2.05, 4.69) is 37.3 Å². The zero-order valence-corrected chi connectivity index (χ0v) is 9.53. The number of fused-ring (bicyclic) bond motifs is 1. The molecule has 2 aromatic heterocycles. The summed E-state index contributed by atoms with van der Waals surface area (Å²) in [6, 6.07) is 1.73. The molecule has 72 valence electrons. The van der Waals surface area contributed by atoms with Gasteiger partial charge in [0, 0.05) is 12.4 Å². The van der Waals surface area contributed by atoms with Crippen molar-refractivity contribution >= 4 is 39.6 Å². The Bertz CT molecular complexity index is 493. The lowest BCUT2D eigenvalue weighted by atomic mass is 10.2. The van der Waals surface area contributed by atoms with Crippen LogP contribution in [0.2, 0.25) is 0 Å². The molecule has 0 aliphatic carbocycles. The fraction of sp³-hybridized carbons (Fsp3) is 0.111. The predicted molar refractivity (Wildman–Crippen MR) is 60.2 cm³/mol. The summed E-state index contributed by atoms with van der Waals surface area (Å²) in [4.78, 5) is 18.4. The molecule has 0 aliphatic heterocycles. The highest BCUT2D eigenvalue weighted by Crippen LogP contribution is 2.18. The van der Waals surface area contributed by atoms with Gasteiger partial charge < -0.3 is 9.72 Å². The number of ether oxygens (including phenoxy) is 1. The molecule has 0 radical (unpaired) electrons. The van der Waals surface area contributed by atoms with Crippen LogP contribution in [0.4, 0.5) is 0 Å². The van der Waals surface area contributed by atoms with Gasteiger partial charge in [0.1, 0.15) is 5.52 Å². The van der Waals surface area contributed by atoms with E-state index in [1.165, 1.54) is 13.3 Å². The van der Waals surface area contributed by atoms with Crippen LogP contribution in [-0.4, -0.2) is 23.0 Å². The minimum absolute atomic E-state index is 0.371. The number of carbonyl (C=O) groups is 1. The molecule has 0 unspecified atom stereocenters. The second kappa shape index (κ2) is 3.56. The maximum atomic E-state index is 11.2. The number of esters is 1.